The molecule has 2 unspecified atom stereocenters. The summed E-state index contributed by atoms with van der Waals surface area (Å²) in [6, 6.07) is 15.5. The second-order valence-electron chi connectivity index (χ2n) is 14.4. The van der Waals surface area contributed by atoms with Crippen LogP contribution in [0.15, 0.2) is 48.5 Å². The van der Waals surface area contributed by atoms with Gasteiger partial charge in [0, 0.05) is 92.0 Å². The van der Waals surface area contributed by atoms with Crippen molar-refractivity contribution < 1.29 is 18.6 Å². The van der Waals surface area contributed by atoms with Gasteiger partial charge in [-0.05, 0) is 37.7 Å². The molecule has 3 saturated heterocycles. The van der Waals surface area contributed by atoms with E-state index in [0.29, 0.717) is 49.3 Å². The third-order valence-corrected chi connectivity index (χ3v) is 9.97. The molecule has 57 heavy (non-hydrogen) atoms. The van der Waals surface area contributed by atoms with Crippen LogP contribution >= 0.6 is 0 Å². The van der Waals surface area contributed by atoms with Crippen LogP contribution in [0.1, 0.15) is 44.1 Å². The van der Waals surface area contributed by atoms with Gasteiger partial charge in [0.15, 0.2) is 0 Å². The van der Waals surface area contributed by atoms with Crippen LogP contribution in [0.2, 0.25) is 0 Å². The summed E-state index contributed by atoms with van der Waals surface area (Å²) in [6.07, 6.45) is 5.22. The molecule has 19 heteroatoms. The van der Waals surface area contributed by atoms with E-state index in [1.165, 1.54) is 0 Å². The summed E-state index contributed by atoms with van der Waals surface area (Å²) in [5.74, 6) is 1.99. The van der Waals surface area contributed by atoms with Crippen molar-refractivity contribution in [2.75, 3.05) is 115 Å². The maximum Gasteiger partial charge on any atom is 0.265 e. The molecular weight excluding hydrogens is 737 g/mol. The van der Waals surface area contributed by atoms with E-state index in [2.05, 4.69) is 67.8 Å². The number of hydrogen-bond donors (Lipinski definition) is 7. The highest BCUT2D eigenvalue weighted by atomic mass is 19.3. The lowest BCUT2D eigenvalue weighted by atomic mass is 9.86. The Balaban J connectivity index is 0.000000166. The Hall–Kier alpha value is -5.56. The highest BCUT2D eigenvalue weighted by molar-refractivity contribution is 5.55. The number of nitrogens with zero attached hydrogens (tertiary/aromatic N) is 9. The SMILES string of the molecule is CNc1cc(N2CCCC(F)(F)C2)nc(N)n1.CNc1cc(N2CCCC(O)(Cc3ccccc3)C2)nc(N)n1.CNc1cc(N2CCCC(OC)C2)nc(N)n1. The minimum absolute atomic E-state index is 0.0665. The number of piperidine rings is 3. The van der Waals surface area contributed by atoms with Crippen LogP contribution in [0, 0.1) is 0 Å². The lowest BCUT2D eigenvalue weighted by Gasteiger charge is -2.40. The number of benzene rings is 1. The van der Waals surface area contributed by atoms with Crippen LogP contribution in [-0.4, -0.2) is 120 Å². The van der Waals surface area contributed by atoms with Crippen molar-refractivity contribution in [3.63, 3.8) is 0 Å². The molecule has 3 aliphatic rings. The number of nitrogen functional groups attached to an aromatic ring is 3. The number of hydrogen-bond acceptors (Lipinski definition) is 17. The minimum Gasteiger partial charge on any atom is -0.388 e. The molecule has 6 heterocycles. The maximum atomic E-state index is 13.3. The minimum atomic E-state index is -2.65. The van der Waals surface area contributed by atoms with E-state index in [1.54, 1.807) is 32.2 Å². The van der Waals surface area contributed by atoms with Gasteiger partial charge >= 0.3 is 0 Å². The molecule has 0 bridgehead atoms. The van der Waals surface area contributed by atoms with E-state index in [0.717, 1.165) is 68.3 Å². The van der Waals surface area contributed by atoms with Gasteiger partial charge in [-0.1, -0.05) is 30.3 Å². The first-order chi connectivity index (χ1) is 27.3. The third kappa shape index (κ3) is 12.5. The Morgan fingerprint density at radius 3 is 1.67 bits per heavy atom. The van der Waals surface area contributed by atoms with Crippen molar-refractivity contribution in [1.82, 2.24) is 29.9 Å². The molecule has 2 atom stereocenters. The summed E-state index contributed by atoms with van der Waals surface area (Å²) in [6.45, 7) is 3.50. The number of nitrogens with one attached hydrogen (secondary N) is 3. The molecule has 3 aliphatic heterocycles. The van der Waals surface area contributed by atoms with Crippen molar-refractivity contribution >= 4 is 52.8 Å². The van der Waals surface area contributed by atoms with Gasteiger partial charge in [0.1, 0.15) is 34.9 Å². The van der Waals surface area contributed by atoms with Crippen LogP contribution in [-0.2, 0) is 11.2 Å². The Labute approximate surface area is 332 Å². The highest BCUT2D eigenvalue weighted by Crippen LogP contribution is 2.31. The average molecular weight is 794 g/mol. The quantitative estimate of drug-likeness (QED) is 0.128. The van der Waals surface area contributed by atoms with Gasteiger partial charge in [-0.25, -0.2) is 8.78 Å². The third-order valence-electron chi connectivity index (χ3n) is 9.97. The molecule has 3 aromatic heterocycles. The van der Waals surface area contributed by atoms with Gasteiger partial charge in [0.25, 0.3) is 5.92 Å². The van der Waals surface area contributed by atoms with Crippen molar-refractivity contribution in [3.05, 3.63) is 54.1 Å². The van der Waals surface area contributed by atoms with Gasteiger partial charge < -0.3 is 57.7 Å². The monoisotopic (exact) mass is 793 g/mol. The molecule has 0 saturated carbocycles. The zero-order chi connectivity index (χ0) is 41.0. The summed E-state index contributed by atoms with van der Waals surface area (Å²) >= 11 is 0. The molecule has 10 N–H and O–H groups in total. The van der Waals surface area contributed by atoms with Gasteiger partial charge in [-0.3, -0.25) is 0 Å². The number of ether oxygens (including phenoxy) is 1. The van der Waals surface area contributed by atoms with E-state index in [-0.39, 0.29) is 31.0 Å². The number of aliphatic hydroxyl groups is 1. The van der Waals surface area contributed by atoms with Gasteiger partial charge in [0.2, 0.25) is 17.8 Å². The van der Waals surface area contributed by atoms with Gasteiger partial charge in [0.05, 0.1) is 18.2 Å². The molecule has 17 nitrogen and oxygen atoms in total. The standard InChI is InChI=1S/C17H23N5O.C11H19N5O.C10H15F2N5/c1-19-14-10-15(21-16(18)20-14)22-9-5-8-17(23,12-22)11-13-6-3-2-4-7-13;1-13-9-6-10(15-11(12)14-9)16-5-3-4-8(7-16)17-2;1-14-7-5-8(16-9(13)15-7)17-4-2-3-10(11,12)6-17/h2-4,6-7,10,23H,5,8-9,11-12H2,1H3,(H3,18,19,20,21);6,8H,3-5,7H2,1-2H3,(H3,12,13,14,15);5H,2-4,6H2,1H3,(H3,13,14,15,16). The summed E-state index contributed by atoms with van der Waals surface area (Å²) in [7, 11) is 7.06. The summed E-state index contributed by atoms with van der Waals surface area (Å²) in [4.78, 5) is 30.5. The fourth-order valence-electron chi connectivity index (χ4n) is 7.16. The number of nitrogens with two attached hydrogens (primary N) is 3. The average Bonchev–Trinajstić information content (AvgIpc) is 3.20. The lowest BCUT2D eigenvalue weighted by Crippen LogP contribution is -2.50. The largest absolute Gasteiger partial charge is 0.388 e. The smallest absolute Gasteiger partial charge is 0.265 e. The van der Waals surface area contributed by atoms with Crippen LogP contribution in [0.25, 0.3) is 0 Å². The number of halogens is 2. The number of alkyl halides is 2. The molecule has 0 aliphatic carbocycles. The summed E-state index contributed by atoms with van der Waals surface area (Å²) in [5.41, 5.74) is 17.4. The molecule has 4 aromatic rings. The van der Waals surface area contributed by atoms with E-state index in [9.17, 15) is 13.9 Å². The Bertz CT molecular complexity index is 1880. The van der Waals surface area contributed by atoms with E-state index in [1.807, 2.05) is 37.4 Å². The molecule has 1 aromatic carbocycles. The number of methoxy groups -OCH3 is 1. The number of rotatable bonds is 9. The van der Waals surface area contributed by atoms with Crippen LogP contribution in [0.5, 0.6) is 0 Å². The van der Waals surface area contributed by atoms with Crippen molar-refractivity contribution in [3.8, 4) is 0 Å². The molecule has 7 rings (SSSR count). The Morgan fingerprint density at radius 1 is 0.702 bits per heavy atom. The molecule has 310 valence electrons. The first-order valence-electron chi connectivity index (χ1n) is 19.2. The molecule has 0 radical (unpaired) electrons. The Kier molecular flexibility index (Phi) is 14.6. The normalized spacial score (nSPS) is 20.3. The predicted octanol–water partition coefficient (Wildman–Crippen LogP) is 3.73. The van der Waals surface area contributed by atoms with E-state index >= 15 is 0 Å². The summed E-state index contributed by atoms with van der Waals surface area (Å²) < 4.78 is 32.0. The second kappa shape index (κ2) is 19.5. The van der Waals surface area contributed by atoms with Gasteiger partial charge in [-0.2, -0.15) is 29.9 Å². The summed E-state index contributed by atoms with van der Waals surface area (Å²) in [5, 5.41) is 19.8. The molecule has 0 spiro atoms. The van der Waals surface area contributed by atoms with Gasteiger partial charge in [-0.15, -0.1) is 0 Å². The topological polar surface area (TPSA) is 231 Å². The molecule has 3 fully saturated rings. The zero-order valence-electron chi connectivity index (χ0n) is 33.3. The van der Waals surface area contributed by atoms with E-state index in [4.69, 9.17) is 21.9 Å². The first kappa shape index (κ1) is 42.6. The van der Waals surface area contributed by atoms with E-state index < -0.39 is 11.5 Å². The van der Waals surface area contributed by atoms with Crippen molar-refractivity contribution in [2.45, 2.75) is 62.6 Å². The Morgan fingerprint density at radius 2 is 1.18 bits per heavy atom. The second-order valence-corrected chi connectivity index (χ2v) is 14.4. The van der Waals surface area contributed by atoms with Crippen LogP contribution in [0.4, 0.5) is 61.5 Å². The number of anilines is 9. The lowest BCUT2D eigenvalue weighted by molar-refractivity contribution is -0.0118. The van der Waals surface area contributed by atoms with Crippen LogP contribution in [0.3, 0.4) is 0 Å². The van der Waals surface area contributed by atoms with Crippen molar-refractivity contribution in [1.29, 1.82) is 0 Å². The predicted molar refractivity (Wildman–Crippen MR) is 223 cm³/mol. The zero-order valence-corrected chi connectivity index (χ0v) is 33.3. The number of β-amino-alcohol motifs (C(OH)–C–C–N with tert-alkyl or cyclic N) is 1. The maximum absolute atomic E-state index is 13.3. The van der Waals surface area contributed by atoms with Crippen LogP contribution < -0.4 is 47.9 Å². The highest BCUT2D eigenvalue weighted by Gasteiger charge is 2.36. The molecule has 0 amide bonds. The first-order valence-corrected chi connectivity index (χ1v) is 19.2. The fraction of sp³-hybridized carbons (Fsp3) is 0.526. The number of aromatic nitrogens is 6. The van der Waals surface area contributed by atoms with Crippen molar-refractivity contribution in [2.24, 2.45) is 0 Å². The fourth-order valence-corrected chi connectivity index (χ4v) is 7.16. The molecular formula is C38H57F2N15O2.